The van der Waals surface area contributed by atoms with Crippen LogP contribution < -0.4 is 5.56 Å². The Hall–Kier alpha value is -1.05. The molecule has 0 spiro atoms. The van der Waals surface area contributed by atoms with Crippen LogP contribution in [0.4, 0.5) is 0 Å². The maximum atomic E-state index is 11.8. The van der Waals surface area contributed by atoms with Gasteiger partial charge in [0.15, 0.2) is 0 Å². The molecular weight excluding hydrogens is 198 g/mol. The first-order valence-corrected chi connectivity index (χ1v) is 6.36. The number of hydrogen-bond acceptors (Lipinski definition) is 1. The first-order chi connectivity index (χ1) is 7.61. The average molecular weight is 219 g/mol. The van der Waals surface area contributed by atoms with E-state index in [0.29, 0.717) is 5.92 Å². The van der Waals surface area contributed by atoms with Gasteiger partial charge in [-0.3, -0.25) is 4.79 Å². The Balaban J connectivity index is 2.40. The van der Waals surface area contributed by atoms with E-state index in [9.17, 15) is 4.79 Å². The van der Waals surface area contributed by atoms with Gasteiger partial charge in [-0.05, 0) is 42.7 Å². The summed E-state index contributed by atoms with van der Waals surface area (Å²) in [6.07, 6.45) is 4.65. The van der Waals surface area contributed by atoms with Crippen LogP contribution in [0, 0.1) is 5.92 Å². The standard InChI is InChI=1S/C14H21NO/c1-4-10-5-6-13-11(7-10)8-12(9(2)3)14(16)15-13/h8-10H,4-7H2,1-3H3,(H,15,16). The van der Waals surface area contributed by atoms with E-state index >= 15 is 0 Å². The molecule has 0 aromatic carbocycles. The van der Waals surface area contributed by atoms with Crippen molar-refractivity contribution in [3.05, 3.63) is 33.2 Å². The number of hydrogen-bond donors (Lipinski definition) is 1. The Kier molecular flexibility index (Phi) is 3.17. The zero-order chi connectivity index (χ0) is 11.7. The third kappa shape index (κ3) is 2.06. The fourth-order valence-electron chi connectivity index (χ4n) is 2.57. The molecule has 0 fully saturated rings. The number of pyridine rings is 1. The van der Waals surface area contributed by atoms with Crippen molar-refractivity contribution in [3.8, 4) is 0 Å². The molecule has 2 rings (SSSR count). The minimum absolute atomic E-state index is 0.115. The third-order valence-electron chi connectivity index (χ3n) is 3.75. The second kappa shape index (κ2) is 4.44. The molecule has 0 aliphatic heterocycles. The van der Waals surface area contributed by atoms with E-state index in [2.05, 4.69) is 31.8 Å². The molecule has 0 bridgehead atoms. The summed E-state index contributed by atoms with van der Waals surface area (Å²) in [6, 6.07) is 2.14. The summed E-state index contributed by atoms with van der Waals surface area (Å²) in [5.74, 6) is 1.12. The maximum Gasteiger partial charge on any atom is 0.251 e. The van der Waals surface area contributed by atoms with Crippen LogP contribution >= 0.6 is 0 Å². The maximum absolute atomic E-state index is 11.8. The predicted octanol–water partition coefficient (Wildman–Crippen LogP) is 3.01. The summed E-state index contributed by atoms with van der Waals surface area (Å²) in [4.78, 5) is 14.9. The van der Waals surface area contributed by atoms with E-state index in [1.54, 1.807) is 0 Å². The molecule has 0 saturated carbocycles. The van der Waals surface area contributed by atoms with Gasteiger partial charge in [-0.2, -0.15) is 0 Å². The van der Waals surface area contributed by atoms with E-state index in [1.165, 1.54) is 24.1 Å². The van der Waals surface area contributed by atoms with Crippen molar-refractivity contribution in [2.45, 2.75) is 52.4 Å². The van der Waals surface area contributed by atoms with Gasteiger partial charge in [0.2, 0.25) is 0 Å². The van der Waals surface area contributed by atoms with Gasteiger partial charge >= 0.3 is 0 Å². The molecule has 1 aliphatic rings. The average Bonchev–Trinajstić information content (AvgIpc) is 2.27. The van der Waals surface area contributed by atoms with Crippen LogP contribution in [0.15, 0.2) is 10.9 Å². The minimum Gasteiger partial charge on any atom is -0.326 e. The highest BCUT2D eigenvalue weighted by molar-refractivity contribution is 5.29. The summed E-state index contributed by atoms with van der Waals surface area (Å²) < 4.78 is 0. The number of aromatic nitrogens is 1. The van der Waals surface area contributed by atoms with Gasteiger partial charge in [0.25, 0.3) is 5.56 Å². The van der Waals surface area contributed by atoms with Crippen LogP contribution in [0.3, 0.4) is 0 Å². The second-order valence-corrected chi connectivity index (χ2v) is 5.23. The molecule has 1 unspecified atom stereocenters. The highest BCUT2D eigenvalue weighted by atomic mass is 16.1. The van der Waals surface area contributed by atoms with E-state index < -0.39 is 0 Å². The summed E-state index contributed by atoms with van der Waals surface area (Å²) in [7, 11) is 0. The molecule has 2 nitrogen and oxygen atoms in total. The van der Waals surface area contributed by atoms with Gasteiger partial charge < -0.3 is 4.98 Å². The number of aryl methyl sites for hydroxylation is 1. The molecule has 2 heteroatoms. The van der Waals surface area contributed by atoms with Crippen molar-refractivity contribution >= 4 is 0 Å². The summed E-state index contributed by atoms with van der Waals surface area (Å²) >= 11 is 0. The van der Waals surface area contributed by atoms with Crippen molar-refractivity contribution in [1.29, 1.82) is 0 Å². The molecule has 1 aromatic rings. The van der Waals surface area contributed by atoms with Crippen LogP contribution in [0.5, 0.6) is 0 Å². The number of H-pyrrole nitrogens is 1. The fraction of sp³-hybridized carbons (Fsp3) is 0.643. The van der Waals surface area contributed by atoms with Crippen molar-refractivity contribution in [2.75, 3.05) is 0 Å². The molecule has 88 valence electrons. The largest absolute Gasteiger partial charge is 0.326 e. The summed E-state index contributed by atoms with van der Waals surface area (Å²) in [6.45, 7) is 6.42. The lowest BCUT2D eigenvalue weighted by molar-refractivity contribution is 0.438. The summed E-state index contributed by atoms with van der Waals surface area (Å²) in [5.41, 5.74) is 3.61. The van der Waals surface area contributed by atoms with Crippen molar-refractivity contribution < 1.29 is 0 Å². The van der Waals surface area contributed by atoms with E-state index in [1.807, 2.05) is 0 Å². The van der Waals surface area contributed by atoms with Gasteiger partial charge in [0.05, 0.1) is 0 Å². The number of aromatic amines is 1. The smallest absolute Gasteiger partial charge is 0.251 e. The van der Waals surface area contributed by atoms with Crippen LogP contribution in [-0.2, 0) is 12.8 Å². The lowest BCUT2D eigenvalue weighted by atomic mass is 9.84. The van der Waals surface area contributed by atoms with Crippen LogP contribution in [0.1, 0.15) is 56.4 Å². The monoisotopic (exact) mass is 219 g/mol. The van der Waals surface area contributed by atoms with Gasteiger partial charge in [-0.1, -0.05) is 27.2 Å². The molecule has 1 aliphatic carbocycles. The molecule has 1 aromatic heterocycles. The highest BCUT2D eigenvalue weighted by Gasteiger charge is 2.19. The SMILES string of the molecule is CCC1CCc2[nH]c(=O)c(C(C)C)cc2C1. The highest BCUT2D eigenvalue weighted by Crippen LogP contribution is 2.26. The van der Waals surface area contributed by atoms with E-state index in [4.69, 9.17) is 0 Å². The number of rotatable bonds is 2. The Morgan fingerprint density at radius 3 is 2.88 bits per heavy atom. The van der Waals surface area contributed by atoms with Gasteiger partial charge in [0.1, 0.15) is 0 Å². The second-order valence-electron chi connectivity index (χ2n) is 5.23. The van der Waals surface area contributed by atoms with Gasteiger partial charge in [0, 0.05) is 11.3 Å². The van der Waals surface area contributed by atoms with Crippen molar-refractivity contribution in [3.63, 3.8) is 0 Å². The normalized spacial score (nSPS) is 19.9. The lowest BCUT2D eigenvalue weighted by Crippen LogP contribution is -2.22. The molecule has 1 heterocycles. The Labute approximate surface area is 97.1 Å². The first kappa shape index (κ1) is 11.4. The molecule has 16 heavy (non-hydrogen) atoms. The Morgan fingerprint density at radius 1 is 1.50 bits per heavy atom. The topological polar surface area (TPSA) is 32.9 Å². The fourth-order valence-corrected chi connectivity index (χ4v) is 2.57. The molecule has 1 atom stereocenters. The minimum atomic E-state index is 0.115. The van der Waals surface area contributed by atoms with Crippen LogP contribution in [0.2, 0.25) is 0 Å². The van der Waals surface area contributed by atoms with E-state index in [-0.39, 0.29) is 5.56 Å². The first-order valence-electron chi connectivity index (χ1n) is 6.36. The molecular formula is C14H21NO. The molecule has 0 amide bonds. The Bertz CT molecular complexity index is 431. The number of nitrogens with one attached hydrogen (secondary N) is 1. The summed E-state index contributed by atoms with van der Waals surface area (Å²) in [5, 5.41) is 0. The molecule has 0 radical (unpaired) electrons. The molecule has 0 saturated heterocycles. The van der Waals surface area contributed by atoms with Crippen molar-refractivity contribution in [1.82, 2.24) is 4.98 Å². The van der Waals surface area contributed by atoms with E-state index in [0.717, 1.165) is 24.3 Å². The van der Waals surface area contributed by atoms with Gasteiger partial charge in [-0.25, -0.2) is 0 Å². The van der Waals surface area contributed by atoms with Gasteiger partial charge in [-0.15, -0.1) is 0 Å². The third-order valence-corrected chi connectivity index (χ3v) is 3.75. The quantitative estimate of drug-likeness (QED) is 0.815. The predicted molar refractivity (Wildman–Crippen MR) is 67.0 cm³/mol. The zero-order valence-corrected chi connectivity index (χ0v) is 10.5. The Morgan fingerprint density at radius 2 is 2.25 bits per heavy atom. The molecule has 1 N–H and O–H groups in total. The van der Waals surface area contributed by atoms with Crippen molar-refractivity contribution in [2.24, 2.45) is 5.92 Å². The zero-order valence-electron chi connectivity index (χ0n) is 10.5. The lowest BCUT2D eigenvalue weighted by Gasteiger charge is -2.24. The van der Waals surface area contributed by atoms with Crippen LogP contribution in [-0.4, -0.2) is 4.98 Å². The van der Waals surface area contributed by atoms with Crippen LogP contribution in [0.25, 0.3) is 0 Å². The number of fused-ring (bicyclic) bond motifs is 1.